The van der Waals surface area contributed by atoms with Gasteiger partial charge in [-0.15, -0.1) is 0 Å². The van der Waals surface area contributed by atoms with Gasteiger partial charge in [-0.05, 0) is 37.3 Å². The Hall–Kier alpha value is -2.99. The summed E-state index contributed by atoms with van der Waals surface area (Å²) in [6.45, 7) is 1.79. The fourth-order valence-corrected chi connectivity index (χ4v) is 2.65. The number of phenolic OH excluding ortho intramolecular Hbond substituents is 1. The van der Waals surface area contributed by atoms with Gasteiger partial charge in [-0.2, -0.15) is 0 Å². The number of nitrogens with zero attached hydrogens (tertiary/aromatic N) is 1. The van der Waals surface area contributed by atoms with Crippen molar-refractivity contribution in [1.82, 2.24) is 5.16 Å². The summed E-state index contributed by atoms with van der Waals surface area (Å²) in [6, 6.07) is 13.0. The number of aromatic hydroxyl groups is 1. The van der Waals surface area contributed by atoms with Gasteiger partial charge in [0, 0.05) is 16.1 Å². The number of para-hydroxylation sites is 1. The summed E-state index contributed by atoms with van der Waals surface area (Å²) >= 11 is 5.86. The molecule has 0 amide bonds. The third-order valence-electron chi connectivity index (χ3n) is 3.77. The first-order valence-electron chi connectivity index (χ1n) is 7.50. The fourth-order valence-electron chi connectivity index (χ4n) is 2.52. The van der Waals surface area contributed by atoms with E-state index in [4.69, 9.17) is 16.1 Å². The molecule has 0 radical (unpaired) electrons. The second-order valence-corrected chi connectivity index (χ2v) is 5.91. The van der Waals surface area contributed by atoms with Crippen LogP contribution in [0.3, 0.4) is 0 Å². The van der Waals surface area contributed by atoms with Gasteiger partial charge in [0.05, 0.1) is 6.04 Å². The molecule has 6 nitrogen and oxygen atoms in total. The lowest BCUT2D eigenvalue weighted by molar-refractivity contribution is 0.0698. The highest BCUT2D eigenvalue weighted by molar-refractivity contribution is 6.30. The molecular weight excluding hydrogens is 344 g/mol. The number of aromatic carboxylic acids is 1. The molecule has 128 valence electrons. The number of hydrogen-bond donors (Lipinski definition) is 3. The number of nitrogens with one attached hydrogen (secondary N) is 1. The first kappa shape index (κ1) is 16.9. The fraction of sp³-hybridized carbons (Fsp3) is 0.111. The number of rotatable bonds is 5. The number of phenols is 1. The molecule has 0 aliphatic carbocycles. The van der Waals surface area contributed by atoms with Gasteiger partial charge >= 0.3 is 5.97 Å². The predicted octanol–water partition coefficient (Wildman–Crippen LogP) is 4.57. The molecule has 0 spiro atoms. The van der Waals surface area contributed by atoms with Crippen LogP contribution in [0.25, 0.3) is 11.3 Å². The van der Waals surface area contributed by atoms with Crippen molar-refractivity contribution in [3.63, 3.8) is 0 Å². The van der Waals surface area contributed by atoms with Crippen LogP contribution in [0.5, 0.6) is 5.75 Å². The van der Waals surface area contributed by atoms with Crippen molar-refractivity contribution in [2.45, 2.75) is 13.0 Å². The minimum Gasteiger partial charge on any atom is -0.508 e. The van der Waals surface area contributed by atoms with Crippen LogP contribution in [-0.2, 0) is 0 Å². The van der Waals surface area contributed by atoms with Crippen molar-refractivity contribution in [2.75, 3.05) is 5.32 Å². The summed E-state index contributed by atoms with van der Waals surface area (Å²) in [5.41, 5.74) is 1.09. The summed E-state index contributed by atoms with van der Waals surface area (Å²) in [5, 5.41) is 26.9. The minimum absolute atomic E-state index is 0.0791. The molecule has 2 aromatic carbocycles. The highest BCUT2D eigenvalue weighted by Crippen LogP contribution is 2.33. The zero-order valence-electron chi connectivity index (χ0n) is 13.2. The number of hydrogen-bond acceptors (Lipinski definition) is 5. The van der Waals surface area contributed by atoms with Crippen LogP contribution >= 0.6 is 11.6 Å². The van der Waals surface area contributed by atoms with Gasteiger partial charge in [-0.3, -0.25) is 0 Å². The Labute approximate surface area is 148 Å². The molecule has 0 saturated carbocycles. The topological polar surface area (TPSA) is 95.6 Å². The summed E-state index contributed by atoms with van der Waals surface area (Å²) in [6.07, 6.45) is 0. The molecule has 0 fully saturated rings. The smallest absolute Gasteiger partial charge is 0.343 e. The normalized spacial score (nSPS) is 11.9. The van der Waals surface area contributed by atoms with Crippen LogP contribution in [0.4, 0.5) is 5.82 Å². The SMILES string of the molecule is CC(Nc1noc(-c2ccc(Cl)cc2)c1C(=O)O)c1ccccc1O. The zero-order chi connectivity index (χ0) is 18.0. The molecule has 0 saturated heterocycles. The molecule has 3 aromatic rings. The van der Waals surface area contributed by atoms with Gasteiger partial charge in [-0.25, -0.2) is 4.79 Å². The van der Waals surface area contributed by atoms with E-state index in [2.05, 4.69) is 10.5 Å². The number of carboxylic acids is 1. The molecular formula is C18H15ClN2O4. The number of aromatic nitrogens is 1. The molecule has 25 heavy (non-hydrogen) atoms. The number of benzene rings is 2. The van der Waals surface area contributed by atoms with E-state index in [0.29, 0.717) is 16.1 Å². The molecule has 7 heteroatoms. The average molecular weight is 359 g/mol. The van der Waals surface area contributed by atoms with Gasteiger partial charge in [0.25, 0.3) is 0 Å². The van der Waals surface area contributed by atoms with E-state index in [9.17, 15) is 15.0 Å². The number of halogens is 1. The molecule has 0 aliphatic rings. The van der Waals surface area contributed by atoms with Gasteiger partial charge in [-0.1, -0.05) is 35.0 Å². The maximum atomic E-state index is 11.7. The highest BCUT2D eigenvalue weighted by atomic mass is 35.5. The first-order valence-corrected chi connectivity index (χ1v) is 7.88. The molecule has 1 atom stereocenters. The van der Waals surface area contributed by atoms with E-state index in [1.165, 1.54) is 0 Å². The molecule has 0 aliphatic heterocycles. The zero-order valence-corrected chi connectivity index (χ0v) is 14.0. The van der Waals surface area contributed by atoms with Crippen LogP contribution in [-0.4, -0.2) is 21.3 Å². The van der Waals surface area contributed by atoms with Gasteiger partial charge in [0.2, 0.25) is 0 Å². The summed E-state index contributed by atoms with van der Waals surface area (Å²) < 4.78 is 5.25. The quantitative estimate of drug-likeness (QED) is 0.618. The maximum Gasteiger partial charge on any atom is 0.343 e. The Morgan fingerprint density at radius 1 is 1.20 bits per heavy atom. The standard InChI is InChI=1S/C18H15ClN2O4/c1-10(13-4-2-3-5-14(13)22)20-17-15(18(23)24)16(25-21-17)11-6-8-12(19)9-7-11/h2-10,22H,1H3,(H,20,21)(H,23,24). The second kappa shape index (κ2) is 6.86. The Morgan fingerprint density at radius 3 is 2.52 bits per heavy atom. The number of anilines is 1. The van der Waals surface area contributed by atoms with Crippen LogP contribution in [0, 0.1) is 0 Å². The lowest BCUT2D eigenvalue weighted by Crippen LogP contribution is -2.10. The van der Waals surface area contributed by atoms with Gasteiger partial charge < -0.3 is 20.1 Å². The van der Waals surface area contributed by atoms with Crippen molar-refractivity contribution < 1.29 is 19.5 Å². The Bertz CT molecular complexity index is 906. The number of carbonyl (C=O) groups is 1. The predicted molar refractivity (Wildman–Crippen MR) is 94.1 cm³/mol. The van der Waals surface area contributed by atoms with Crippen LogP contribution < -0.4 is 5.32 Å². The monoisotopic (exact) mass is 358 g/mol. The molecule has 1 unspecified atom stereocenters. The van der Waals surface area contributed by atoms with Crippen LogP contribution in [0.1, 0.15) is 28.9 Å². The van der Waals surface area contributed by atoms with E-state index in [1.54, 1.807) is 55.5 Å². The Morgan fingerprint density at radius 2 is 1.88 bits per heavy atom. The van der Waals surface area contributed by atoms with E-state index in [0.717, 1.165) is 0 Å². The Kier molecular flexibility index (Phi) is 4.63. The van der Waals surface area contributed by atoms with Gasteiger partial charge in [0.1, 0.15) is 5.75 Å². The van der Waals surface area contributed by atoms with E-state index < -0.39 is 5.97 Å². The molecule has 1 heterocycles. The Balaban J connectivity index is 1.96. The first-order chi connectivity index (χ1) is 12.0. The van der Waals surface area contributed by atoms with Crippen molar-refractivity contribution in [3.05, 3.63) is 64.7 Å². The number of carboxylic acid groups (broad SMARTS) is 1. The van der Waals surface area contributed by atoms with Crippen molar-refractivity contribution >= 4 is 23.4 Å². The van der Waals surface area contributed by atoms with E-state index in [-0.39, 0.29) is 28.9 Å². The molecule has 3 rings (SSSR count). The molecule has 3 N–H and O–H groups in total. The van der Waals surface area contributed by atoms with Gasteiger partial charge in [0.15, 0.2) is 17.1 Å². The minimum atomic E-state index is -1.17. The van der Waals surface area contributed by atoms with Crippen LogP contribution in [0.2, 0.25) is 5.02 Å². The summed E-state index contributed by atoms with van der Waals surface area (Å²) in [7, 11) is 0. The van der Waals surface area contributed by atoms with E-state index in [1.807, 2.05) is 0 Å². The van der Waals surface area contributed by atoms with E-state index >= 15 is 0 Å². The van der Waals surface area contributed by atoms with Crippen molar-refractivity contribution in [2.24, 2.45) is 0 Å². The highest BCUT2D eigenvalue weighted by Gasteiger charge is 2.25. The molecule has 1 aromatic heterocycles. The lowest BCUT2D eigenvalue weighted by Gasteiger charge is -2.15. The van der Waals surface area contributed by atoms with Crippen molar-refractivity contribution in [3.8, 4) is 17.1 Å². The third kappa shape index (κ3) is 3.44. The average Bonchev–Trinajstić information content (AvgIpc) is 2.99. The van der Waals surface area contributed by atoms with Crippen molar-refractivity contribution in [1.29, 1.82) is 0 Å². The summed E-state index contributed by atoms with van der Waals surface area (Å²) in [4.78, 5) is 11.7. The second-order valence-electron chi connectivity index (χ2n) is 5.47. The van der Waals surface area contributed by atoms with Crippen LogP contribution in [0.15, 0.2) is 53.1 Å². The molecule has 0 bridgehead atoms. The third-order valence-corrected chi connectivity index (χ3v) is 4.02. The maximum absolute atomic E-state index is 11.7. The summed E-state index contributed by atoms with van der Waals surface area (Å²) in [5.74, 6) is -0.830. The lowest BCUT2D eigenvalue weighted by atomic mass is 10.1. The largest absolute Gasteiger partial charge is 0.508 e.